The molecule has 0 spiro atoms. The Hall–Kier alpha value is -2.23. The average molecular weight is 421 g/mol. The molecule has 4 rings (SSSR count). The summed E-state index contributed by atoms with van der Waals surface area (Å²) < 4.78 is 28.2. The van der Waals surface area contributed by atoms with Crippen molar-refractivity contribution in [3.05, 3.63) is 48.0 Å². The summed E-state index contributed by atoms with van der Waals surface area (Å²) in [6.07, 6.45) is 2.38. The first kappa shape index (κ1) is 19.1. The number of carbonyl (C=O) groups is 2. The summed E-state index contributed by atoms with van der Waals surface area (Å²) in [6, 6.07) is 12.1. The fraction of sp³-hybridized carbons (Fsp3) is 0.368. The zero-order valence-corrected chi connectivity index (χ0v) is 16.6. The first-order chi connectivity index (χ1) is 13.3. The summed E-state index contributed by atoms with van der Waals surface area (Å²) in [4.78, 5) is 25.6. The molecule has 1 amide bonds. The Morgan fingerprint density at radius 3 is 2.61 bits per heavy atom. The number of hydrogen-bond acceptors (Lipinski definition) is 5. The second-order valence-electron chi connectivity index (χ2n) is 7.14. The lowest BCUT2D eigenvalue weighted by molar-refractivity contribution is -0.140. The minimum absolute atomic E-state index is 0.0141. The number of thiophene rings is 1. The molecule has 2 aromatic rings. The van der Waals surface area contributed by atoms with Crippen LogP contribution in [-0.4, -0.2) is 37.5 Å². The highest BCUT2D eigenvalue weighted by molar-refractivity contribution is 7.91. The molecule has 1 aliphatic heterocycles. The van der Waals surface area contributed by atoms with Crippen molar-refractivity contribution in [2.45, 2.75) is 41.3 Å². The van der Waals surface area contributed by atoms with Gasteiger partial charge >= 0.3 is 5.97 Å². The number of nitrogens with zero attached hydrogens (tertiary/aromatic N) is 1. The van der Waals surface area contributed by atoms with Crippen LogP contribution >= 0.6 is 11.3 Å². The number of nitrogens with one attached hydrogen (secondary N) is 1. The van der Waals surface area contributed by atoms with Gasteiger partial charge in [0.2, 0.25) is 5.91 Å². The zero-order valence-electron chi connectivity index (χ0n) is 15.0. The molecule has 2 N–H and O–H groups in total. The number of benzene rings is 1. The van der Waals surface area contributed by atoms with E-state index in [0.29, 0.717) is 18.0 Å². The monoisotopic (exact) mass is 420 g/mol. The fourth-order valence-corrected chi connectivity index (χ4v) is 6.41. The highest BCUT2D eigenvalue weighted by Crippen LogP contribution is 2.52. The Morgan fingerprint density at radius 1 is 1.18 bits per heavy atom. The van der Waals surface area contributed by atoms with Gasteiger partial charge in [0.05, 0.1) is 5.00 Å². The zero-order chi connectivity index (χ0) is 19.9. The molecule has 0 radical (unpaired) electrons. The van der Waals surface area contributed by atoms with Gasteiger partial charge in [0.15, 0.2) is 0 Å². The van der Waals surface area contributed by atoms with Crippen LogP contribution in [0.2, 0.25) is 0 Å². The summed E-state index contributed by atoms with van der Waals surface area (Å²) in [5.41, 5.74) is -0.746. The summed E-state index contributed by atoms with van der Waals surface area (Å²) in [6.45, 7) is 0.571. The van der Waals surface area contributed by atoms with Crippen LogP contribution in [0.15, 0.2) is 46.7 Å². The van der Waals surface area contributed by atoms with E-state index in [1.165, 1.54) is 6.07 Å². The van der Waals surface area contributed by atoms with Crippen LogP contribution in [0.3, 0.4) is 0 Å². The van der Waals surface area contributed by atoms with E-state index in [2.05, 4.69) is 4.72 Å². The smallest absolute Gasteiger partial charge is 0.325 e. The minimum atomic E-state index is -4.03. The number of carboxylic acid groups (broad SMARTS) is 1. The van der Waals surface area contributed by atoms with Crippen molar-refractivity contribution >= 4 is 38.2 Å². The third kappa shape index (κ3) is 3.34. The molecule has 1 aliphatic carbocycles. The van der Waals surface area contributed by atoms with Gasteiger partial charge in [-0.25, -0.2) is 8.42 Å². The molecule has 2 aliphatic rings. The van der Waals surface area contributed by atoms with Crippen molar-refractivity contribution in [3.8, 4) is 0 Å². The van der Waals surface area contributed by atoms with E-state index in [9.17, 15) is 23.1 Å². The summed E-state index contributed by atoms with van der Waals surface area (Å²) >= 11 is 0.989. The fourth-order valence-electron chi connectivity index (χ4n) is 3.67. The van der Waals surface area contributed by atoms with Gasteiger partial charge in [0.25, 0.3) is 10.0 Å². The second kappa shape index (κ2) is 6.98. The summed E-state index contributed by atoms with van der Waals surface area (Å²) in [5.74, 6) is -1.62. The Labute approximate surface area is 167 Å². The molecule has 1 saturated heterocycles. The van der Waals surface area contributed by atoms with Gasteiger partial charge in [0, 0.05) is 18.9 Å². The normalized spacial score (nSPS) is 24.9. The molecular weight excluding hydrogens is 400 g/mol. The molecule has 28 heavy (non-hydrogen) atoms. The molecule has 9 heteroatoms. The average Bonchev–Trinajstić information content (AvgIpc) is 3.17. The van der Waals surface area contributed by atoms with Crippen molar-refractivity contribution in [1.29, 1.82) is 0 Å². The predicted molar refractivity (Wildman–Crippen MR) is 105 cm³/mol. The van der Waals surface area contributed by atoms with E-state index < -0.39 is 27.4 Å². The number of carbonyl (C=O) groups excluding carboxylic acids is 1. The molecule has 2 atom stereocenters. The Balaban J connectivity index is 1.57. The molecule has 1 aromatic carbocycles. The standard InChI is InChI=1S/C19H20N2O5S2/c22-15-8-4-5-11-21(15)16-9-10-17(27-16)28(25,26)20-19(18(23)24)12-14(19)13-6-2-1-3-7-13/h1-3,6-7,9-10,14,20H,4-5,8,11-12H2,(H,23,24)/t14-,19-/m0/s1. The van der Waals surface area contributed by atoms with E-state index in [1.807, 2.05) is 6.07 Å². The number of sulfonamides is 1. The van der Waals surface area contributed by atoms with E-state index in [4.69, 9.17) is 0 Å². The van der Waals surface area contributed by atoms with Crippen LogP contribution in [0.5, 0.6) is 0 Å². The molecule has 2 fully saturated rings. The van der Waals surface area contributed by atoms with Crippen molar-refractivity contribution in [3.63, 3.8) is 0 Å². The minimum Gasteiger partial charge on any atom is -0.480 e. The third-order valence-corrected chi connectivity index (χ3v) is 8.39. The second-order valence-corrected chi connectivity index (χ2v) is 10.1. The van der Waals surface area contributed by atoms with Crippen LogP contribution in [0.4, 0.5) is 5.00 Å². The van der Waals surface area contributed by atoms with Crippen LogP contribution in [0, 0.1) is 0 Å². The molecule has 0 bridgehead atoms. The van der Waals surface area contributed by atoms with Gasteiger partial charge in [-0.1, -0.05) is 30.3 Å². The molecule has 148 valence electrons. The first-order valence-corrected chi connectivity index (χ1v) is 11.4. The largest absolute Gasteiger partial charge is 0.480 e. The van der Waals surface area contributed by atoms with Gasteiger partial charge in [-0.3, -0.25) is 9.59 Å². The molecule has 0 unspecified atom stereocenters. The van der Waals surface area contributed by atoms with E-state index in [0.717, 1.165) is 29.7 Å². The van der Waals surface area contributed by atoms with Gasteiger partial charge in [-0.05, 0) is 37.0 Å². The molecule has 2 heterocycles. The summed E-state index contributed by atoms with van der Waals surface area (Å²) in [7, 11) is -4.03. The molecule has 7 nitrogen and oxygen atoms in total. The maximum Gasteiger partial charge on any atom is 0.325 e. The number of aliphatic carboxylic acids is 1. The van der Waals surface area contributed by atoms with Crippen molar-refractivity contribution < 1.29 is 23.1 Å². The Bertz CT molecular complexity index is 1020. The number of amides is 1. The van der Waals surface area contributed by atoms with Crippen molar-refractivity contribution in [2.75, 3.05) is 11.4 Å². The van der Waals surface area contributed by atoms with Crippen LogP contribution in [0.25, 0.3) is 0 Å². The van der Waals surface area contributed by atoms with Gasteiger partial charge in [0.1, 0.15) is 9.75 Å². The number of carboxylic acids is 1. The van der Waals surface area contributed by atoms with Crippen LogP contribution < -0.4 is 9.62 Å². The highest BCUT2D eigenvalue weighted by Gasteiger charge is 2.63. The quantitative estimate of drug-likeness (QED) is 0.747. The van der Waals surface area contributed by atoms with E-state index >= 15 is 0 Å². The first-order valence-electron chi connectivity index (χ1n) is 9.06. The lowest BCUT2D eigenvalue weighted by atomic mass is 10.1. The van der Waals surface area contributed by atoms with Gasteiger partial charge in [-0.2, -0.15) is 4.72 Å². The Kier molecular flexibility index (Phi) is 4.76. The molecular formula is C19H20N2O5S2. The lowest BCUT2D eigenvalue weighted by Crippen LogP contribution is -2.44. The lowest BCUT2D eigenvalue weighted by Gasteiger charge is -2.25. The molecule has 1 saturated carbocycles. The number of hydrogen-bond donors (Lipinski definition) is 2. The van der Waals surface area contributed by atoms with Crippen LogP contribution in [-0.2, 0) is 19.6 Å². The SMILES string of the molecule is O=C1CCCCN1c1ccc(S(=O)(=O)N[C@@]2(C(=O)O)C[C@H]2c2ccccc2)s1. The highest BCUT2D eigenvalue weighted by atomic mass is 32.2. The topological polar surface area (TPSA) is 104 Å². The third-order valence-electron chi connectivity index (χ3n) is 5.28. The number of anilines is 1. The Morgan fingerprint density at radius 2 is 1.93 bits per heavy atom. The maximum atomic E-state index is 12.9. The van der Waals surface area contributed by atoms with Crippen molar-refractivity contribution in [2.24, 2.45) is 0 Å². The van der Waals surface area contributed by atoms with E-state index in [-0.39, 0.29) is 16.5 Å². The summed E-state index contributed by atoms with van der Waals surface area (Å²) in [5, 5.41) is 10.3. The number of piperidine rings is 1. The van der Waals surface area contributed by atoms with Crippen LogP contribution in [0.1, 0.15) is 37.2 Å². The van der Waals surface area contributed by atoms with Gasteiger partial charge in [-0.15, -0.1) is 11.3 Å². The maximum absolute atomic E-state index is 12.9. The number of rotatable bonds is 6. The molecule has 1 aromatic heterocycles. The van der Waals surface area contributed by atoms with Crippen molar-refractivity contribution in [1.82, 2.24) is 4.72 Å². The van der Waals surface area contributed by atoms with Gasteiger partial charge < -0.3 is 10.0 Å². The van der Waals surface area contributed by atoms with E-state index in [1.54, 1.807) is 35.2 Å². The predicted octanol–water partition coefficient (Wildman–Crippen LogP) is 2.55.